The van der Waals surface area contributed by atoms with Crippen molar-refractivity contribution in [2.75, 3.05) is 12.4 Å². The van der Waals surface area contributed by atoms with E-state index in [1.54, 1.807) is 0 Å². The fraction of sp³-hybridized carbons (Fsp3) is 0.214. The molecular weight excluding hydrogens is 238 g/mol. The van der Waals surface area contributed by atoms with Gasteiger partial charge in [-0.25, -0.2) is 4.98 Å². The highest BCUT2D eigenvalue weighted by atomic mass is 15.2. The molecule has 5 heteroatoms. The molecule has 0 fully saturated rings. The molecule has 0 spiro atoms. The Bertz CT molecular complexity index is 745. The van der Waals surface area contributed by atoms with Crippen molar-refractivity contribution < 1.29 is 0 Å². The smallest absolute Gasteiger partial charge is 0.151 e. The van der Waals surface area contributed by atoms with Crippen LogP contribution in [-0.2, 0) is 7.05 Å². The summed E-state index contributed by atoms with van der Waals surface area (Å²) in [5, 5.41) is 11.4. The molecule has 1 aromatic carbocycles. The molecule has 3 aromatic rings. The molecule has 2 heterocycles. The molecule has 0 aliphatic rings. The van der Waals surface area contributed by atoms with E-state index in [0.717, 1.165) is 33.7 Å². The third-order valence-electron chi connectivity index (χ3n) is 3.24. The number of aromatic nitrogens is 4. The molecule has 0 aliphatic heterocycles. The first kappa shape index (κ1) is 11.6. The van der Waals surface area contributed by atoms with Crippen LogP contribution < -0.4 is 5.32 Å². The molecular formula is C14H15N5. The summed E-state index contributed by atoms with van der Waals surface area (Å²) < 4.78 is 2.00. The number of nitrogens with one attached hydrogen (secondary N) is 1. The van der Waals surface area contributed by atoms with Gasteiger partial charge in [0.25, 0.3) is 0 Å². The van der Waals surface area contributed by atoms with Crippen molar-refractivity contribution in [3.8, 4) is 11.3 Å². The summed E-state index contributed by atoms with van der Waals surface area (Å²) in [4.78, 5) is 4.36. The summed E-state index contributed by atoms with van der Waals surface area (Å²) in [5.74, 6) is 0.808. The number of anilines is 1. The Morgan fingerprint density at radius 1 is 1.16 bits per heavy atom. The monoisotopic (exact) mass is 253 g/mol. The number of fused-ring (bicyclic) bond motifs is 1. The highest BCUT2D eigenvalue weighted by Gasteiger charge is 2.07. The molecule has 96 valence electrons. The summed E-state index contributed by atoms with van der Waals surface area (Å²) in [6.45, 7) is 2.02. The number of aryl methyl sites for hydroxylation is 2. The van der Waals surface area contributed by atoms with E-state index in [9.17, 15) is 0 Å². The fourth-order valence-corrected chi connectivity index (χ4v) is 2.17. The number of benzene rings is 1. The van der Waals surface area contributed by atoms with Crippen molar-refractivity contribution in [2.45, 2.75) is 6.92 Å². The Morgan fingerprint density at radius 3 is 2.74 bits per heavy atom. The standard InChI is InChI=1S/C14H15N5/c1-9-6-11(17-18-14(9)15-2)10-4-5-13-12(7-10)16-8-19(13)3/h4-8H,1-3H3,(H,15,18). The van der Waals surface area contributed by atoms with Gasteiger partial charge < -0.3 is 9.88 Å². The van der Waals surface area contributed by atoms with Crippen molar-refractivity contribution in [1.29, 1.82) is 0 Å². The van der Waals surface area contributed by atoms with Gasteiger partial charge in [0.1, 0.15) is 0 Å². The summed E-state index contributed by atoms with van der Waals surface area (Å²) in [5.41, 5.74) is 5.06. The van der Waals surface area contributed by atoms with Crippen LogP contribution in [0.3, 0.4) is 0 Å². The molecule has 0 amide bonds. The molecule has 0 unspecified atom stereocenters. The summed E-state index contributed by atoms with van der Waals surface area (Å²) in [7, 11) is 3.83. The Kier molecular flexibility index (Phi) is 2.67. The molecule has 0 bridgehead atoms. The zero-order valence-electron chi connectivity index (χ0n) is 11.2. The largest absolute Gasteiger partial charge is 0.371 e. The third-order valence-corrected chi connectivity index (χ3v) is 3.24. The van der Waals surface area contributed by atoms with Gasteiger partial charge in [-0.2, -0.15) is 0 Å². The SMILES string of the molecule is CNc1nnc(-c2ccc3c(c2)ncn3C)cc1C. The summed E-state index contributed by atoms with van der Waals surface area (Å²) >= 11 is 0. The van der Waals surface area contributed by atoms with Gasteiger partial charge in [-0.15, -0.1) is 10.2 Å². The zero-order chi connectivity index (χ0) is 13.4. The van der Waals surface area contributed by atoms with E-state index >= 15 is 0 Å². The normalized spacial score (nSPS) is 10.9. The average Bonchev–Trinajstić information content (AvgIpc) is 2.80. The second kappa shape index (κ2) is 4.35. The maximum atomic E-state index is 4.36. The van der Waals surface area contributed by atoms with Crippen molar-refractivity contribution in [3.05, 3.63) is 36.2 Å². The van der Waals surface area contributed by atoms with Gasteiger partial charge in [0.05, 0.1) is 23.1 Å². The molecule has 0 atom stereocenters. The van der Waals surface area contributed by atoms with Crippen molar-refractivity contribution in [3.63, 3.8) is 0 Å². The maximum absolute atomic E-state index is 4.36. The van der Waals surface area contributed by atoms with Crippen LogP contribution in [0.4, 0.5) is 5.82 Å². The number of imidazole rings is 1. The quantitative estimate of drug-likeness (QED) is 0.762. The summed E-state index contributed by atoms with van der Waals surface area (Å²) in [6, 6.07) is 8.17. The van der Waals surface area contributed by atoms with Gasteiger partial charge in [-0.3, -0.25) is 0 Å². The molecule has 3 rings (SSSR count). The van der Waals surface area contributed by atoms with Crippen LogP contribution in [-0.4, -0.2) is 26.8 Å². The molecule has 19 heavy (non-hydrogen) atoms. The third kappa shape index (κ3) is 1.93. The van der Waals surface area contributed by atoms with E-state index < -0.39 is 0 Å². The lowest BCUT2D eigenvalue weighted by Gasteiger charge is -2.06. The second-order valence-electron chi connectivity index (χ2n) is 4.57. The number of hydrogen-bond acceptors (Lipinski definition) is 4. The van der Waals surface area contributed by atoms with Crippen LogP contribution in [0.25, 0.3) is 22.3 Å². The van der Waals surface area contributed by atoms with Crippen LogP contribution in [0.15, 0.2) is 30.6 Å². The van der Waals surface area contributed by atoms with E-state index in [-0.39, 0.29) is 0 Å². The average molecular weight is 253 g/mol. The first-order chi connectivity index (χ1) is 9.19. The minimum atomic E-state index is 0.808. The molecule has 1 N–H and O–H groups in total. The maximum Gasteiger partial charge on any atom is 0.151 e. The summed E-state index contributed by atoms with van der Waals surface area (Å²) in [6.07, 6.45) is 1.81. The Labute approximate surface area is 111 Å². The van der Waals surface area contributed by atoms with Gasteiger partial charge >= 0.3 is 0 Å². The topological polar surface area (TPSA) is 55.6 Å². The van der Waals surface area contributed by atoms with E-state index in [4.69, 9.17) is 0 Å². The lowest BCUT2D eigenvalue weighted by atomic mass is 10.1. The van der Waals surface area contributed by atoms with Crippen molar-refractivity contribution >= 4 is 16.9 Å². The van der Waals surface area contributed by atoms with Crippen molar-refractivity contribution in [2.24, 2.45) is 7.05 Å². The highest BCUT2D eigenvalue weighted by molar-refractivity contribution is 5.81. The van der Waals surface area contributed by atoms with Crippen LogP contribution >= 0.6 is 0 Å². The zero-order valence-corrected chi connectivity index (χ0v) is 11.2. The first-order valence-corrected chi connectivity index (χ1v) is 6.12. The molecule has 0 radical (unpaired) electrons. The number of nitrogens with zero attached hydrogens (tertiary/aromatic N) is 4. The van der Waals surface area contributed by atoms with E-state index in [0.29, 0.717) is 0 Å². The van der Waals surface area contributed by atoms with Gasteiger partial charge in [-0.1, -0.05) is 6.07 Å². The minimum absolute atomic E-state index is 0.808. The fourth-order valence-electron chi connectivity index (χ4n) is 2.17. The van der Waals surface area contributed by atoms with Gasteiger partial charge in [-0.05, 0) is 30.7 Å². The van der Waals surface area contributed by atoms with Crippen LogP contribution in [0.1, 0.15) is 5.56 Å². The number of rotatable bonds is 2. The van der Waals surface area contributed by atoms with Gasteiger partial charge in [0, 0.05) is 19.7 Å². The van der Waals surface area contributed by atoms with Crippen LogP contribution in [0, 0.1) is 6.92 Å². The van der Waals surface area contributed by atoms with Crippen molar-refractivity contribution in [1.82, 2.24) is 19.7 Å². The van der Waals surface area contributed by atoms with Crippen LogP contribution in [0.5, 0.6) is 0 Å². The molecule has 5 nitrogen and oxygen atoms in total. The Morgan fingerprint density at radius 2 is 2.00 bits per heavy atom. The Hall–Kier alpha value is -2.43. The van der Waals surface area contributed by atoms with E-state index in [1.807, 2.05) is 50.1 Å². The van der Waals surface area contributed by atoms with Crippen LogP contribution in [0.2, 0.25) is 0 Å². The highest BCUT2D eigenvalue weighted by Crippen LogP contribution is 2.23. The predicted octanol–water partition coefficient (Wildman–Crippen LogP) is 2.38. The Balaban J connectivity index is 2.10. The number of hydrogen-bond donors (Lipinski definition) is 1. The minimum Gasteiger partial charge on any atom is -0.371 e. The lowest BCUT2D eigenvalue weighted by molar-refractivity contribution is 0.947. The molecule has 0 aliphatic carbocycles. The predicted molar refractivity (Wildman–Crippen MR) is 76.0 cm³/mol. The van der Waals surface area contributed by atoms with Gasteiger partial charge in [0.15, 0.2) is 5.82 Å². The molecule has 0 saturated carbocycles. The van der Waals surface area contributed by atoms with E-state index in [1.165, 1.54) is 0 Å². The molecule has 0 saturated heterocycles. The lowest BCUT2D eigenvalue weighted by Crippen LogP contribution is -1.99. The first-order valence-electron chi connectivity index (χ1n) is 6.12. The molecule has 2 aromatic heterocycles. The van der Waals surface area contributed by atoms with E-state index in [2.05, 4.69) is 26.6 Å². The van der Waals surface area contributed by atoms with Gasteiger partial charge in [0.2, 0.25) is 0 Å². The second-order valence-corrected chi connectivity index (χ2v) is 4.57.